The standard InChI is InChI=1S/C12H12O/c1-9-6-7-10-4-2-3-5-11(10)12(9)8-13/h2-9,12H,1H3/t9-,12+/m0/s1. The first-order valence-corrected chi connectivity index (χ1v) is 4.55. The van der Waals surface area contributed by atoms with Gasteiger partial charge in [0.05, 0.1) is 0 Å². The number of aldehydes is 1. The molecule has 0 bridgehead atoms. The van der Waals surface area contributed by atoms with Gasteiger partial charge in [-0.3, -0.25) is 0 Å². The topological polar surface area (TPSA) is 17.1 Å². The van der Waals surface area contributed by atoms with Gasteiger partial charge < -0.3 is 4.79 Å². The molecule has 0 saturated heterocycles. The third-order valence-corrected chi connectivity index (χ3v) is 2.65. The Balaban J connectivity index is 2.53. The van der Waals surface area contributed by atoms with Crippen molar-refractivity contribution in [3.63, 3.8) is 0 Å². The fourth-order valence-corrected chi connectivity index (χ4v) is 1.82. The first-order valence-electron chi connectivity index (χ1n) is 4.55. The summed E-state index contributed by atoms with van der Waals surface area (Å²) in [5, 5.41) is 0. The molecular weight excluding hydrogens is 160 g/mol. The molecule has 0 saturated carbocycles. The van der Waals surface area contributed by atoms with Gasteiger partial charge in [0.25, 0.3) is 0 Å². The van der Waals surface area contributed by atoms with Gasteiger partial charge in [0, 0.05) is 5.92 Å². The molecule has 0 spiro atoms. The molecule has 0 heterocycles. The van der Waals surface area contributed by atoms with Gasteiger partial charge in [-0.2, -0.15) is 0 Å². The van der Waals surface area contributed by atoms with Crippen LogP contribution < -0.4 is 0 Å². The van der Waals surface area contributed by atoms with Crippen LogP contribution in [0.4, 0.5) is 0 Å². The molecule has 0 N–H and O–H groups in total. The molecular formula is C12H12O. The average Bonchev–Trinajstić information content (AvgIpc) is 2.18. The highest BCUT2D eigenvalue weighted by Gasteiger charge is 2.21. The zero-order valence-electron chi connectivity index (χ0n) is 7.60. The Labute approximate surface area is 78.1 Å². The van der Waals surface area contributed by atoms with Crippen LogP contribution in [-0.2, 0) is 4.79 Å². The fourth-order valence-electron chi connectivity index (χ4n) is 1.82. The number of carbonyl (C=O) groups is 1. The van der Waals surface area contributed by atoms with Gasteiger partial charge in [0.15, 0.2) is 0 Å². The van der Waals surface area contributed by atoms with Crippen LogP contribution in [0.1, 0.15) is 24.0 Å². The maximum absolute atomic E-state index is 10.9. The van der Waals surface area contributed by atoms with Crippen LogP contribution in [0.15, 0.2) is 30.3 Å². The minimum atomic E-state index is 0.0428. The molecule has 0 fully saturated rings. The Morgan fingerprint density at radius 2 is 2.08 bits per heavy atom. The van der Waals surface area contributed by atoms with E-state index in [9.17, 15) is 4.79 Å². The highest BCUT2D eigenvalue weighted by Crippen LogP contribution is 2.31. The molecule has 13 heavy (non-hydrogen) atoms. The molecule has 0 unspecified atom stereocenters. The Morgan fingerprint density at radius 3 is 2.85 bits per heavy atom. The number of hydrogen-bond donors (Lipinski definition) is 0. The summed E-state index contributed by atoms with van der Waals surface area (Å²) >= 11 is 0. The fraction of sp³-hybridized carbons (Fsp3) is 0.250. The van der Waals surface area contributed by atoms with Gasteiger partial charge in [-0.25, -0.2) is 0 Å². The summed E-state index contributed by atoms with van der Waals surface area (Å²) in [6, 6.07) is 8.07. The van der Waals surface area contributed by atoms with E-state index in [1.54, 1.807) is 0 Å². The normalized spacial score (nSPS) is 25.3. The number of allylic oxidation sites excluding steroid dienone is 1. The van der Waals surface area contributed by atoms with E-state index in [-0.39, 0.29) is 5.92 Å². The number of hydrogen-bond acceptors (Lipinski definition) is 1. The van der Waals surface area contributed by atoms with Crippen molar-refractivity contribution in [1.29, 1.82) is 0 Å². The van der Waals surface area contributed by atoms with Crippen LogP contribution in [-0.4, -0.2) is 6.29 Å². The molecule has 1 aromatic carbocycles. The van der Waals surface area contributed by atoms with E-state index in [0.29, 0.717) is 5.92 Å². The zero-order chi connectivity index (χ0) is 9.26. The Kier molecular flexibility index (Phi) is 2.01. The van der Waals surface area contributed by atoms with Gasteiger partial charge in [-0.1, -0.05) is 43.3 Å². The summed E-state index contributed by atoms with van der Waals surface area (Å²) in [7, 11) is 0. The second-order valence-electron chi connectivity index (χ2n) is 3.51. The summed E-state index contributed by atoms with van der Waals surface area (Å²) < 4.78 is 0. The van der Waals surface area contributed by atoms with Crippen molar-refractivity contribution in [3.05, 3.63) is 41.5 Å². The highest BCUT2D eigenvalue weighted by atomic mass is 16.1. The lowest BCUT2D eigenvalue weighted by molar-refractivity contribution is -0.109. The first kappa shape index (κ1) is 8.24. The van der Waals surface area contributed by atoms with Crippen LogP contribution >= 0.6 is 0 Å². The van der Waals surface area contributed by atoms with Gasteiger partial charge in [-0.05, 0) is 17.0 Å². The maximum Gasteiger partial charge on any atom is 0.128 e. The smallest absolute Gasteiger partial charge is 0.128 e. The summed E-state index contributed by atoms with van der Waals surface area (Å²) in [6.45, 7) is 2.07. The van der Waals surface area contributed by atoms with E-state index in [1.807, 2.05) is 24.3 Å². The van der Waals surface area contributed by atoms with Gasteiger partial charge >= 0.3 is 0 Å². The average molecular weight is 172 g/mol. The molecule has 1 aliphatic rings. The van der Waals surface area contributed by atoms with Crippen LogP contribution in [0, 0.1) is 5.92 Å². The number of fused-ring (bicyclic) bond motifs is 1. The van der Waals surface area contributed by atoms with Crippen molar-refractivity contribution in [2.75, 3.05) is 0 Å². The quantitative estimate of drug-likeness (QED) is 0.595. The van der Waals surface area contributed by atoms with E-state index >= 15 is 0 Å². The Hall–Kier alpha value is -1.37. The van der Waals surface area contributed by atoms with E-state index in [2.05, 4.69) is 19.1 Å². The van der Waals surface area contributed by atoms with E-state index in [0.717, 1.165) is 11.8 Å². The number of benzene rings is 1. The molecule has 1 aliphatic carbocycles. The third-order valence-electron chi connectivity index (χ3n) is 2.65. The minimum Gasteiger partial charge on any atom is -0.303 e. The van der Waals surface area contributed by atoms with Crippen molar-refractivity contribution < 1.29 is 4.79 Å². The zero-order valence-corrected chi connectivity index (χ0v) is 7.60. The highest BCUT2D eigenvalue weighted by molar-refractivity contribution is 5.71. The monoisotopic (exact) mass is 172 g/mol. The van der Waals surface area contributed by atoms with Crippen LogP contribution in [0.3, 0.4) is 0 Å². The van der Waals surface area contributed by atoms with Crippen molar-refractivity contribution in [3.8, 4) is 0 Å². The molecule has 2 atom stereocenters. The van der Waals surface area contributed by atoms with E-state index < -0.39 is 0 Å². The molecule has 0 radical (unpaired) electrons. The molecule has 0 amide bonds. The molecule has 1 heteroatoms. The van der Waals surface area contributed by atoms with Gasteiger partial charge in [0.1, 0.15) is 6.29 Å². The van der Waals surface area contributed by atoms with Crippen molar-refractivity contribution in [1.82, 2.24) is 0 Å². The number of carbonyl (C=O) groups excluding carboxylic acids is 1. The Bertz CT molecular complexity index is 352. The van der Waals surface area contributed by atoms with E-state index in [4.69, 9.17) is 0 Å². The summed E-state index contributed by atoms with van der Waals surface area (Å²) in [4.78, 5) is 10.9. The maximum atomic E-state index is 10.9. The molecule has 66 valence electrons. The van der Waals surface area contributed by atoms with Crippen molar-refractivity contribution in [2.24, 2.45) is 5.92 Å². The largest absolute Gasteiger partial charge is 0.303 e. The van der Waals surface area contributed by atoms with Crippen LogP contribution in [0.5, 0.6) is 0 Å². The van der Waals surface area contributed by atoms with Crippen LogP contribution in [0.25, 0.3) is 6.08 Å². The minimum absolute atomic E-state index is 0.0428. The predicted molar refractivity (Wildman–Crippen MR) is 53.4 cm³/mol. The molecule has 1 nitrogen and oxygen atoms in total. The predicted octanol–water partition coefficient (Wildman–Crippen LogP) is 2.63. The SMILES string of the molecule is C[C@H]1C=Cc2ccccc2[C@@H]1C=O. The van der Waals surface area contributed by atoms with Gasteiger partial charge in [0.2, 0.25) is 0 Å². The first-order chi connectivity index (χ1) is 6.33. The third kappa shape index (κ3) is 1.31. The number of rotatable bonds is 1. The summed E-state index contributed by atoms with van der Waals surface area (Å²) in [6.07, 6.45) is 5.24. The molecule has 0 aliphatic heterocycles. The summed E-state index contributed by atoms with van der Waals surface area (Å²) in [5.74, 6) is 0.369. The lowest BCUT2D eigenvalue weighted by Gasteiger charge is -2.22. The van der Waals surface area contributed by atoms with Crippen molar-refractivity contribution >= 4 is 12.4 Å². The molecule has 1 aromatic rings. The summed E-state index contributed by atoms with van der Waals surface area (Å²) in [5.41, 5.74) is 2.34. The van der Waals surface area contributed by atoms with Crippen molar-refractivity contribution in [2.45, 2.75) is 12.8 Å². The Morgan fingerprint density at radius 1 is 1.31 bits per heavy atom. The lowest BCUT2D eigenvalue weighted by Crippen LogP contribution is -2.13. The van der Waals surface area contributed by atoms with Crippen LogP contribution in [0.2, 0.25) is 0 Å². The molecule has 0 aromatic heterocycles. The second-order valence-corrected chi connectivity index (χ2v) is 3.51. The lowest BCUT2D eigenvalue weighted by atomic mass is 9.81. The second kappa shape index (κ2) is 3.17. The van der Waals surface area contributed by atoms with Gasteiger partial charge in [-0.15, -0.1) is 0 Å². The molecule has 2 rings (SSSR count). The van der Waals surface area contributed by atoms with E-state index in [1.165, 1.54) is 5.56 Å².